The maximum absolute atomic E-state index is 12.7. The van der Waals surface area contributed by atoms with Crippen molar-refractivity contribution in [3.05, 3.63) is 64.2 Å². The van der Waals surface area contributed by atoms with Gasteiger partial charge in [0.1, 0.15) is 0 Å². The lowest BCUT2D eigenvalue weighted by Crippen LogP contribution is -2.41. The lowest BCUT2D eigenvalue weighted by molar-refractivity contribution is -0.135. The molecule has 0 bridgehead atoms. The molecule has 0 aromatic heterocycles. The number of benzene rings is 2. The number of fused-ring (bicyclic) bond motifs is 1. The zero-order valence-electron chi connectivity index (χ0n) is 13.5. The number of Topliss-reactive ketones (excluding diaryl/α,β-unsaturated/α-hetero) is 1. The number of carbonyl (C=O) groups is 2. The summed E-state index contributed by atoms with van der Waals surface area (Å²) < 4.78 is 0. The fourth-order valence-corrected chi connectivity index (χ4v) is 3.25. The molecule has 1 amide bonds. The van der Waals surface area contributed by atoms with Crippen LogP contribution < -0.4 is 4.90 Å². The number of nitrogens with zero attached hydrogens (tertiary/aromatic N) is 1. The fourth-order valence-electron chi connectivity index (χ4n) is 3.08. The van der Waals surface area contributed by atoms with Crippen LogP contribution in [0.3, 0.4) is 0 Å². The van der Waals surface area contributed by atoms with E-state index in [0.717, 1.165) is 5.56 Å². The van der Waals surface area contributed by atoms with Gasteiger partial charge < -0.3 is 10.0 Å². The first-order valence-electron chi connectivity index (χ1n) is 7.81. The third-order valence-electron chi connectivity index (χ3n) is 4.40. The number of ketones is 1. The van der Waals surface area contributed by atoms with E-state index in [4.69, 9.17) is 11.6 Å². The van der Waals surface area contributed by atoms with Gasteiger partial charge in [-0.3, -0.25) is 9.59 Å². The van der Waals surface area contributed by atoms with E-state index in [1.165, 1.54) is 4.90 Å². The monoisotopic (exact) mass is 343 g/mol. The lowest BCUT2D eigenvalue weighted by Gasteiger charge is -2.22. The fraction of sp³-hybridized carbons (Fsp3) is 0.263. The van der Waals surface area contributed by atoms with Crippen molar-refractivity contribution < 1.29 is 14.7 Å². The van der Waals surface area contributed by atoms with Crippen molar-refractivity contribution in [1.29, 1.82) is 0 Å². The summed E-state index contributed by atoms with van der Waals surface area (Å²) in [5.41, 5.74) is 0.628. The van der Waals surface area contributed by atoms with Gasteiger partial charge in [-0.1, -0.05) is 41.4 Å². The van der Waals surface area contributed by atoms with E-state index in [9.17, 15) is 14.7 Å². The quantitative estimate of drug-likeness (QED) is 0.865. The van der Waals surface area contributed by atoms with E-state index < -0.39 is 11.5 Å². The Hall–Kier alpha value is -2.17. The highest BCUT2D eigenvalue weighted by Gasteiger charge is 2.50. The molecule has 5 heteroatoms. The van der Waals surface area contributed by atoms with Crippen molar-refractivity contribution in [2.24, 2.45) is 0 Å². The zero-order valence-corrected chi connectivity index (χ0v) is 14.3. The van der Waals surface area contributed by atoms with Crippen LogP contribution >= 0.6 is 11.6 Å². The Morgan fingerprint density at radius 3 is 2.50 bits per heavy atom. The van der Waals surface area contributed by atoms with Gasteiger partial charge >= 0.3 is 0 Å². The van der Waals surface area contributed by atoms with Gasteiger partial charge in [0.25, 0.3) is 5.91 Å². The van der Waals surface area contributed by atoms with Crippen LogP contribution in [0.4, 0.5) is 5.69 Å². The minimum absolute atomic E-state index is 0.283. The third-order valence-corrected chi connectivity index (χ3v) is 4.64. The van der Waals surface area contributed by atoms with Gasteiger partial charge in [-0.25, -0.2) is 0 Å². The molecule has 1 aliphatic rings. The summed E-state index contributed by atoms with van der Waals surface area (Å²) in [5, 5.41) is 11.5. The maximum atomic E-state index is 12.7. The lowest BCUT2D eigenvalue weighted by atomic mass is 9.88. The molecular formula is C19H18ClNO3. The molecule has 2 aromatic carbocycles. The Morgan fingerprint density at radius 2 is 1.88 bits per heavy atom. The predicted molar refractivity (Wildman–Crippen MR) is 93.5 cm³/mol. The summed E-state index contributed by atoms with van der Waals surface area (Å²) in [4.78, 5) is 26.8. The van der Waals surface area contributed by atoms with Crippen molar-refractivity contribution in [2.45, 2.75) is 25.9 Å². The average Bonchev–Trinajstić information content (AvgIpc) is 2.76. The van der Waals surface area contributed by atoms with Crippen LogP contribution in [0.5, 0.6) is 0 Å². The van der Waals surface area contributed by atoms with E-state index in [1.807, 2.05) is 26.0 Å². The van der Waals surface area contributed by atoms with Crippen molar-refractivity contribution >= 4 is 29.0 Å². The number of carbonyl (C=O) groups excluding carboxylic acids is 2. The van der Waals surface area contributed by atoms with E-state index in [-0.39, 0.29) is 12.2 Å². The molecule has 1 aliphatic heterocycles. The highest BCUT2D eigenvalue weighted by atomic mass is 35.5. The SMILES string of the molecule is CCN1C(=O)[C@@](O)(CC(=O)c2ccc(C)cc2)c2cc(Cl)ccc21. The summed E-state index contributed by atoms with van der Waals surface area (Å²) in [6.45, 7) is 4.16. The van der Waals surface area contributed by atoms with Gasteiger partial charge in [0, 0.05) is 22.7 Å². The normalized spacial score (nSPS) is 19.5. The second kappa shape index (κ2) is 6.04. The molecule has 1 atom stereocenters. The molecule has 1 N–H and O–H groups in total. The highest BCUT2D eigenvalue weighted by Crippen LogP contribution is 2.43. The van der Waals surface area contributed by atoms with Crippen molar-refractivity contribution in [1.82, 2.24) is 0 Å². The van der Waals surface area contributed by atoms with Crippen LogP contribution in [0.15, 0.2) is 42.5 Å². The number of amides is 1. The van der Waals surface area contributed by atoms with E-state index in [1.54, 1.807) is 30.3 Å². The molecule has 3 rings (SSSR count). The molecule has 0 radical (unpaired) electrons. The molecule has 0 unspecified atom stereocenters. The van der Waals surface area contributed by atoms with Crippen molar-refractivity contribution in [2.75, 3.05) is 11.4 Å². The zero-order chi connectivity index (χ0) is 17.5. The first-order valence-corrected chi connectivity index (χ1v) is 8.19. The van der Waals surface area contributed by atoms with Crippen LogP contribution in [0.1, 0.15) is 34.8 Å². The molecule has 2 aromatic rings. The summed E-state index contributed by atoms with van der Waals surface area (Å²) >= 11 is 6.03. The number of hydrogen-bond donors (Lipinski definition) is 1. The van der Waals surface area contributed by atoms with Gasteiger partial charge in [0.05, 0.1) is 12.1 Å². The summed E-state index contributed by atoms with van der Waals surface area (Å²) in [5.74, 6) is -0.766. The molecule has 0 fully saturated rings. The Bertz CT molecular complexity index is 816. The number of hydrogen-bond acceptors (Lipinski definition) is 3. The minimum Gasteiger partial charge on any atom is -0.375 e. The minimum atomic E-state index is -1.88. The molecular weight excluding hydrogens is 326 g/mol. The first kappa shape index (κ1) is 16.7. The molecule has 0 spiro atoms. The topological polar surface area (TPSA) is 57.6 Å². The Labute approximate surface area is 145 Å². The first-order chi connectivity index (χ1) is 11.4. The van der Waals surface area contributed by atoms with Gasteiger partial charge in [-0.2, -0.15) is 0 Å². The van der Waals surface area contributed by atoms with Crippen LogP contribution in [-0.2, 0) is 10.4 Å². The van der Waals surface area contributed by atoms with Crippen LogP contribution in [-0.4, -0.2) is 23.3 Å². The second-order valence-electron chi connectivity index (χ2n) is 6.04. The number of aliphatic hydroxyl groups is 1. The van der Waals surface area contributed by atoms with Gasteiger partial charge in [-0.15, -0.1) is 0 Å². The molecule has 24 heavy (non-hydrogen) atoms. The Kier molecular flexibility index (Phi) is 4.20. The van der Waals surface area contributed by atoms with Gasteiger partial charge in [-0.05, 0) is 32.0 Å². The maximum Gasteiger partial charge on any atom is 0.264 e. The van der Waals surface area contributed by atoms with Crippen molar-refractivity contribution in [3.63, 3.8) is 0 Å². The average molecular weight is 344 g/mol. The number of halogens is 1. The molecule has 4 nitrogen and oxygen atoms in total. The number of likely N-dealkylation sites (N-methyl/N-ethyl adjacent to an activating group) is 1. The predicted octanol–water partition coefficient (Wildman–Crippen LogP) is 3.48. The number of rotatable bonds is 4. The van der Waals surface area contributed by atoms with E-state index in [0.29, 0.717) is 28.4 Å². The summed E-state index contributed by atoms with van der Waals surface area (Å²) in [7, 11) is 0. The van der Waals surface area contributed by atoms with Crippen LogP contribution in [0, 0.1) is 6.92 Å². The van der Waals surface area contributed by atoms with E-state index >= 15 is 0 Å². The second-order valence-corrected chi connectivity index (χ2v) is 6.47. The van der Waals surface area contributed by atoms with Gasteiger partial charge in [0.15, 0.2) is 11.4 Å². The van der Waals surface area contributed by atoms with Crippen LogP contribution in [0.2, 0.25) is 5.02 Å². The molecule has 0 saturated heterocycles. The third kappa shape index (κ3) is 2.62. The standard InChI is InChI=1S/C19H18ClNO3/c1-3-21-16-9-8-14(20)10-15(16)19(24,18(21)23)11-17(22)13-6-4-12(2)5-7-13/h4-10,24H,3,11H2,1-2H3/t19-/m1/s1. The van der Waals surface area contributed by atoms with Crippen LogP contribution in [0.25, 0.3) is 0 Å². The smallest absolute Gasteiger partial charge is 0.264 e. The Morgan fingerprint density at radius 1 is 1.21 bits per heavy atom. The number of aryl methyl sites for hydroxylation is 1. The summed E-state index contributed by atoms with van der Waals surface area (Å²) in [6.07, 6.45) is -0.307. The number of anilines is 1. The largest absolute Gasteiger partial charge is 0.375 e. The van der Waals surface area contributed by atoms with E-state index in [2.05, 4.69) is 0 Å². The highest BCUT2D eigenvalue weighted by molar-refractivity contribution is 6.31. The van der Waals surface area contributed by atoms with Gasteiger partial charge in [0.2, 0.25) is 0 Å². The molecule has 0 aliphatic carbocycles. The summed E-state index contributed by atoms with van der Waals surface area (Å²) in [6, 6.07) is 12.0. The molecule has 124 valence electrons. The van der Waals surface area contributed by atoms with Crippen molar-refractivity contribution in [3.8, 4) is 0 Å². The molecule has 1 heterocycles. The molecule has 0 saturated carbocycles. The Balaban J connectivity index is 2.00.